The summed E-state index contributed by atoms with van der Waals surface area (Å²) in [6, 6.07) is 9.44. The molecule has 0 aliphatic carbocycles. The lowest BCUT2D eigenvalue weighted by molar-refractivity contribution is -0.251. The van der Waals surface area contributed by atoms with Crippen LogP contribution in [0.1, 0.15) is 13.8 Å². The molecule has 0 unspecified atom stereocenters. The molecule has 0 bridgehead atoms. The average molecular weight is 267 g/mol. The molecular formula is C13H17NO3S. The van der Waals surface area contributed by atoms with Crippen LogP contribution in [0.5, 0.6) is 5.75 Å². The average Bonchev–Trinajstić information content (AvgIpc) is 2.33. The molecule has 0 atom stereocenters. The van der Waals surface area contributed by atoms with Gasteiger partial charge < -0.3 is 19.5 Å². The van der Waals surface area contributed by atoms with Crippen LogP contribution in [0.25, 0.3) is 0 Å². The number of rotatable bonds is 2. The van der Waals surface area contributed by atoms with Gasteiger partial charge in [0, 0.05) is 0 Å². The zero-order valence-electron chi connectivity index (χ0n) is 10.5. The van der Waals surface area contributed by atoms with E-state index in [1.807, 2.05) is 44.2 Å². The zero-order valence-corrected chi connectivity index (χ0v) is 11.3. The maximum absolute atomic E-state index is 5.53. The van der Waals surface area contributed by atoms with Crippen LogP contribution in [0.2, 0.25) is 0 Å². The fraction of sp³-hybridized carbons (Fsp3) is 0.462. The Morgan fingerprint density at radius 3 is 2.50 bits per heavy atom. The number of nitrogens with one attached hydrogen (secondary N) is 1. The molecule has 1 heterocycles. The highest BCUT2D eigenvalue weighted by molar-refractivity contribution is 7.80. The summed E-state index contributed by atoms with van der Waals surface area (Å²) in [6.45, 7) is 4.88. The van der Waals surface area contributed by atoms with Crippen LogP contribution in [0.3, 0.4) is 0 Å². The van der Waals surface area contributed by atoms with E-state index in [1.165, 1.54) is 0 Å². The largest absolute Gasteiger partial charge is 0.432 e. The Labute approximate surface area is 112 Å². The standard InChI is InChI=1S/C13H17NO3S/c1-13(2)15-8-10(9-16-13)14-12(18)17-11-6-4-3-5-7-11/h3-7,10H,8-9H2,1-2H3,(H,14,18). The van der Waals surface area contributed by atoms with Gasteiger partial charge in [0.1, 0.15) is 5.75 Å². The minimum Gasteiger partial charge on any atom is -0.432 e. The second-order valence-corrected chi connectivity index (χ2v) is 4.94. The fourth-order valence-corrected chi connectivity index (χ4v) is 1.83. The van der Waals surface area contributed by atoms with Gasteiger partial charge in [0.2, 0.25) is 0 Å². The van der Waals surface area contributed by atoms with E-state index in [0.29, 0.717) is 24.1 Å². The van der Waals surface area contributed by atoms with E-state index in [0.717, 1.165) is 0 Å². The van der Waals surface area contributed by atoms with Gasteiger partial charge in [-0.3, -0.25) is 0 Å². The first kappa shape index (κ1) is 13.3. The second-order valence-electron chi connectivity index (χ2n) is 4.57. The molecule has 98 valence electrons. The molecule has 0 aromatic heterocycles. The van der Waals surface area contributed by atoms with Gasteiger partial charge in [-0.25, -0.2) is 0 Å². The lowest BCUT2D eigenvalue weighted by Crippen LogP contribution is -2.50. The monoisotopic (exact) mass is 267 g/mol. The second kappa shape index (κ2) is 5.65. The molecule has 5 heteroatoms. The number of hydrogen-bond donors (Lipinski definition) is 1. The molecule has 2 rings (SSSR count). The van der Waals surface area contributed by atoms with Crippen LogP contribution in [0, 0.1) is 0 Å². The maximum atomic E-state index is 5.53. The Balaban J connectivity index is 1.79. The van der Waals surface area contributed by atoms with E-state index in [9.17, 15) is 0 Å². The third-order valence-corrected chi connectivity index (χ3v) is 2.74. The van der Waals surface area contributed by atoms with Gasteiger partial charge in [0.25, 0.3) is 5.17 Å². The van der Waals surface area contributed by atoms with E-state index in [1.54, 1.807) is 0 Å². The summed E-state index contributed by atoms with van der Waals surface area (Å²) < 4.78 is 16.5. The normalized spacial score (nSPS) is 19.2. The Kier molecular flexibility index (Phi) is 4.16. The van der Waals surface area contributed by atoms with Crippen molar-refractivity contribution in [1.82, 2.24) is 5.32 Å². The highest BCUT2D eigenvalue weighted by Gasteiger charge is 2.28. The van der Waals surface area contributed by atoms with E-state index in [-0.39, 0.29) is 6.04 Å². The van der Waals surface area contributed by atoms with Crippen LogP contribution < -0.4 is 10.1 Å². The number of para-hydroxylation sites is 1. The maximum Gasteiger partial charge on any atom is 0.262 e. The van der Waals surface area contributed by atoms with Gasteiger partial charge in [-0.2, -0.15) is 0 Å². The summed E-state index contributed by atoms with van der Waals surface area (Å²) >= 11 is 5.13. The lowest BCUT2D eigenvalue weighted by atomic mass is 10.2. The van der Waals surface area contributed by atoms with Crippen LogP contribution in [0.4, 0.5) is 0 Å². The van der Waals surface area contributed by atoms with Crippen molar-refractivity contribution in [3.8, 4) is 5.75 Å². The van der Waals surface area contributed by atoms with Crippen LogP contribution in [-0.4, -0.2) is 30.2 Å². The van der Waals surface area contributed by atoms with Crippen LogP contribution in [-0.2, 0) is 9.47 Å². The molecule has 0 amide bonds. The van der Waals surface area contributed by atoms with Gasteiger partial charge in [-0.1, -0.05) is 18.2 Å². The summed E-state index contributed by atoms with van der Waals surface area (Å²) in [5.74, 6) is 0.202. The van der Waals surface area contributed by atoms with Gasteiger partial charge in [0.15, 0.2) is 5.79 Å². The van der Waals surface area contributed by atoms with Crippen molar-refractivity contribution in [2.24, 2.45) is 0 Å². The summed E-state index contributed by atoms with van der Waals surface area (Å²) in [6.07, 6.45) is 0. The molecule has 18 heavy (non-hydrogen) atoms. The first-order valence-corrected chi connectivity index (χ1v) is 6.27. The van der Waals surface area contributed by atoms with E-state index < -0.39 is 5.79 Å². The minimum absolute atomic E-state index is 0.0224. The lowest BCUT2D eigenvalue weighted by Gasteiger charge is -2.35. The first-order valence-electron chi connectivity index (χ1n) is 5.86. The third kappa shape index (κ3) is 3.94. The molecule has 1 aliphatic heterocycles. The Morgan fingerprint density at radius 1 is 1.28 bits per heavy atom. The summed E-state index contributed by atoms with van der Waals surface area (Å²) in [4.78, 5) is 0. The summed E-state index contributed by atoms with van der Waals surface area (Å²) in [5, 5.41) is 3.40. The number of ether oxygens (including phenoxy) is 3. The zero-order chi connectivity index (χ0) is 13.0. The first-order chi connectivity index (χ1) is 8.55. The SMILES string of the molecule is CC1(C)OCC(NC(=S)Oc2ccccc2)CO1. The van der Waals surface area contributed by atoms with Crippen molar-refractivity contribution >= 4 is 17.4 Å². The van der Waals surface area contributed by atoms with Crippen molar-refractivity contribution in [3.63, 3.8) is 0 Å². The highest BCUT2D eigenvalue weighted by atomic mass is 32.1. The van der Waals surface area contributed by atoms with E-state index in [2.05, 4.69) is 5.32 Å². The molecule has 0 radical (unpaired) electrons. The van der Waals surface area contributed by atoms with Gasteiger partial charge >= 0.3 is 0 Å². The molecule has 0 spiro atoms. The van der Waals surface area contributed by atoms with Crippen LogP contribution in [0.15, 0.2) is 30.3 Å². The number of thiocarbonyl (C=S) groups is 1. The predicted molar refractivity (Wildman–Crippen MR) is 72.6 cm³/mol. The summed E-state index contributed by atoms with van der Waals surface area (Å²) in [5.41, 5.74) is 0. The molecule has 4 nitrogen and oxygen atoms in total. The molecule has 1 aromatic carbocycles. The number of benzene rings is 1. The molecule has 1 N–H and O–H groups in total. The number of hydrogen-bond acceptors (Lipinski definition) is 4. The molecular weight excluding hydrogens is 250 g/mol. The smallest absolute Gasteiger partial charge is 0.262 e. The molecule has 1 aliphatic rings. The quantitative estimate of drug-likeness (QED) is 0.831. The van der Waals surface area contributed by atoms with Gasteiger partial charge in [-0.15, -0.1) is 0 Å². The molecule has 0 saturated carbocycles. The van der Waals surface area contributed by atoms with E-state index in [4.69, 9.17) is 26.4 Å². The fourth-order valence-electron chi connectivity index (χ4n) is 1.57. The Bertz CT molecular complexity index is 398. The van der Waals surface area contributed by atoms with Gasteiger partial charge in [-0.05, 0) is 38.2 Å². The van der Waals surface area contributed by atoms with E-state index >= 15 is 0 Å². The highest BCUT2D eigenvalue weighted by Crippen LogP contribution is 2.17. The third-order valence-electron chi connectivity index (χ3n) is 2.54. The molecule has 1 fully saturated rings. The van der Waals surface area contributed by atoms with Gasteiger partial charge in [0.05, 0.1) is 19.3 Å². The topological polar surface area (TPSA) is 39.7 Å². The molecule has 1 aromatic rings. The van der Waals surface area contributed by atoms with Crippen molar-refractivity contribution in [2.45, 2.75) is 25.7 Å². The van der Waals surface area contributed by atoms with Crippen molar-refractivity contribution in [3.05, 3.63) is 30.3 Å². The summed E-state index contributed by atoms with van der Waals surface area (Å²) in [7, 11) is 0. The van der Waals surface area contributed by atoms with Crippen molar-refractivity contribution in [1.29, 1.82) is 0 Å². The van der Waals surface area contributed by atoms with Crippen molar-refractivity contribution in [2.75, 3.05) is 13.2 Å². The Morgan fingerprint density at radius 2 is 1.89 bits per heavy atom. The molecule has 1 saturated heterocycles. The predicted octanol–water partition coefficient (Wildman–Crippen LogP) is 2.09. The minimum atomic E-state index is -0.514. The Hall–Kier alpha value is -1.17. The van der Waals surface area contributed by atoms with Crippen molar-refractivity contribution < 1.29 is 14.2 Å². The van der Waals surface area contributed by atoms with Crippen LogP contribution >= 0.6 is 12.2 Å².